The van der Waals surface area contributed by atoms with Crippen LogP contribution < -0.4 is 10.2 Å². The van der Waals surface area contributed by atoms with Crippen LogP contribution in [0.5, 0.6) is 0 Å². The Balaban J connectivity index is 1.35. The Morgan fingerprint density at radius 1 is 1.10 bits per heavy atom. The van der Waals surface area contributed by atoms with Crippen molar-refractivity contribution in [3.05, 3.63) is 72.4 Å². The third kappa shape index (κ3) is 5.27. The molecule has 1 unspecified atom stereocenters. The molecule has 2 heterocycles. The van der Waals surface area contributed by atoms with Gasteiger partial charge < -0.3 is 10.2 Å². The summed E-state index contributed by atoms with van der Waals surface area (Å²) in [6.07, 6.45) is 3.95. The summed E-state index contributed by atoms with van der Waals surface area (Å²) in [6.45, 7) is 1.42. The van der Waals surface area contributed by atoms with E-state index in [1.54, 1.807) is 18.3 Å². The van der Waals surface area contributed by atoms with Gasteiger partial charge >= 0.3 is 0 Å². The first kappa shape index (κ1) is 21.0. The molecule has 1 amide bonds. The third-order valence-corrected chi connectivity index (χ3v) is 6.39. The van der Waals surface area contributed by atoms with Gasteiger partial charge in [0.1, 0.15) is 0 Å². The van der Waals surface area contributed by atoms with Gasteiger partial charge in [0.15, 0.2) is 9.84 Å². The molecule has 1 aliphatic heterocycles. The molecule has 7 nitrogen and oxygen atoms in total. The van der Waals surface area contributed by atoms with Crippen LogP contribution in [-0.2, 0) is 21.1 Å². The van der Waals surface area contributed by atoms with Crippen LogP contribution in [0.25, 0.3) is 11.3 Å². The molecule has 8 heteroatoms. The van der Waals surface area contributed by atoms with Gasteiger partial charge in [0.05, 0.1) is 17.0 Å². The molecule has 1 atom stereocenters. The molecule has 0 aliphatic carbocycles. The summed E-state index contributed by atoms with van der Waals surface area (Å²) < 4.78 is 23.1. The Morgan fingerprint density at radius 2 is 1.84 bits per heavy atom. The number of rotatable bonds is 6. The Hall–Kier alpha value is -3.26. The van der Waals surface area contributed by atoms with E-state index in [2.05, 4.69) is 20.2 Å². The number of sulfone groups is 1. The van der Waals surface area contributed by atoms with Crippen LogP contribution in [0.4, 0.5) is 5.95 Å². The molecular formula is C23H24N4O3S. The number of amides is 1. The Bertz CT molecular complexity index is 1160. The van der Waals surface area contributed by atoms with E-state index in [9.17, 15) is 13.2 Å². The van der Waals surface area contributed by atoms with E-state index < -0.39 is 9.84 Å². The largest absolute Gasteiger partial charge is 0.351 e. The Kier molecular flexibility index (Phi) is 5.99. The van der Waals surface area contributed by atoms with Crippen LogP contribution in [0.3, 0.4) is 0 Å². The molecule has 1 aromatic heterocycles. The normalized spacial score (nSPS) is 16.3. The minimum atomic E-state index is -3.24. The van der Waals surface area contributed by atoms with E-state index in [0.717, 1.165) is 29.8 Å². The van der Waals surface area contributed by atoms with E-state index in [-0.39, 0.29) is 23.3 Å². The molecule has 31 heavy (non-hydrogen) atoms. The topological polar surface area (TPSA) is 92.3 Å². The number of nitrogens with one attached hydrogen (secondary N) is 1. The number of carbonyl (C=O) groups excluding carboxylic acids is 1. The molecule has 1 saturated heterocycles. The highest BCUT2D eigenvalue weighted by molar-refractivity contribution is 7.90. The summed E-state index contributed by atoms with van der Waals surface area (Å²) in [5.74, 6) is 0.576. The molecule has 2 aromatic carbocycles. The molecule has 3 aromatic rings. The number of anilines is 1. The summed E-state index contributed by atoms with van der Waals surface area (Å²) in [7, 11) is -3.24. The third-order valence-electron chi connectivity index (χ3n) is 5.26. The fraction of sp³-hybridized carbons (Fsp3) is 0.261. The minimum absolute atomic E-state index is 0.0202. The number of carbonyl (C=O) groups is 1. The number of hydrogen-bond acceptors (Lipinski definition) is 6. The zero-order valence-electron chi connectivity index (χ0n) is 17.2. The highest BCUT2D eigenvalue weighted by Crippen LogP contribution is 2.21. The fourth-order valence-electron chi connectivity index (χ4n) is 3.65. The fourth-order valence-corrected chi connectivity index (χ4v) is 4.28. The summed E-state index contributed by atoms with van der Waals surface area (Å²) in [5.41, 5.74) is 2.69. The zero-order chi connectivity index (χ0) is 21.8. The standard InChI is InChI=1S/C23H24N4O3S/c1-31(29,30)20-9-7-17(8-10-20)15-22(28)25-19-12-14-27(16-19)23-24-13-11-21(26-23)18-5-3-2-4-6-18/h2-11,13,19H,12,14-16H2,1H3,(H,25,28). The molecular weight excluding hydrogens is 412 g/mol. The molecule has 1 N–H and O–H groups in total. The second-order valence-electron chi connectivity index (χ2n) is 7.70. The average Bonchev–Trinajstić information content (AvgIpc) is 3.22. The number of hydrogen-bond donors (Lipinski definition) is 1. The van der Waals surface area contributed by atoms with E-state index in [4.69, 9.17) is 0 Å². The molecule has 4 rings (SSSR count). The lowest BCUT2D eigenvalue weighted by Gasteiger charge is -2.17. The van der Waals surface area contributed by atoms with E-state index in [1.807, 2.05) is 36.4 Å². The van der Waals surface area contributed by atoms with Gasteiger partial charge in [-0.1, -0.05) is 42.5 Å². The van der Waals surface area contributed by atoms with Gasteiger partial charge in [0.25, 0.3) is 0 Å². The Labute approximate surface area is 182 Å². The maximum Gasteiger partial charge on any atom is 0.225 e. The van der Waals surface area contributed by atoms with Gasteiger partial charge in [-0.2, -0.15) is 0 Å². The van der Waals surface area contributed by atoms with Crippen molar-refractivity contribution in [1.29, 1.82) is 0 Å². The second-order valence-corrected chi connectivity index (χ2v) is 9.72. The van der Waals surface area contributed by atoms with Crippen LogP contribution >= 0.6 is 0 Å². The predicted molar refractivity (Wildman–Crippen MR) is 119 cm³/mol. The average molecular weight is 437 g/mol. The first-order valence-electron chi connectivity index (χ1n) is 10.1. The lowest BCUT2D eigenvalue weighted by atomic mass is 10.1. The van der Waals surface area contributed by atoms with Crippen molar-refractivity contribution in [3.63, 3.8) is 0 Å². The van der Waals surface area contributed by atoms with Crippen molar-refractivity contribution >= 4 is 21.7 Å². The zero-order valence-corrected chi connectivity index (χ0v) is 18.0. The summed E-state index contributed by atoms with van der Waals surface area (Å²) in [4.78, 5) is 23.9. The second kappa shape index (κ2) is 8.85. The van der Waals surface area contributed by atoms with Gasteiger partial charge in [0.2, 0.25) is 11.9 Å². The van der Waals surface area contributed by atoms with Crippen molar-refractivity contribution in [2.24, 2.45) is 0 Å². The maximum absolute atomic E-state index is 12.5. The number of aromatic nitrogens is 2. The Morgan fingerprint density at radius 3 is 2.55 bits per heavy atom. The van der Waals surface area contributed by atoms with Gasteiger partial charge in [0, 0.05) is 37.1 Å². The quantitative estimate of drug-likeness (QED) is 0.638. The molecule has 0 bridgehead atoms. The van der Waals surface area contributed by atoms with Crippen LogP contribution in [0.2, 0.25) is 0 Å². The number of benzene rings is 2. The van der Waals surface area contributed by atoms with Gasteiger partial charge in [-0.3, -0.25) is 4.79 Å². The highest BCUT2D eigenvalue weighted by atomic mass is 32.2. The van der Waals surface area contributed by atoms with Crippen LogP contribution in [-0.4, -0.2) is 49.7 Å². The molecule has 1 aliphatic rings. The number of nitrogens with zero attached hydrogens (tertiary/aromatic N) is 3. The molecule has 0 spiro atoms. The first-order chi connectivity index (χ1) is 14.9. The van der Waals surface area contributed by atoms with Crippen molar-refractivity contribution in [2.45, 2.75) is 23.8 Å². The first-order valence-corrected chi connectivity index (χ1v) is 12.0. The van der Waals surface area contributed by atoms with E-state index in [1.165, 1.54) is 18.4 Å². The molecule has 1 fully saturated rings. The van der Waals surface area contributed by atoms with Gasteiger partial charge in [-0.05, 0) is 30.2 Å². The molecule has 0 saturated carbocycles. The molecule has 160 valence electrons. The molecule has 0 radical (unpaired) electrons. The van der Waals surface area contributed by atoms with Crippen LogP contribution in [0.1, 0.15) is 12.0 Å². The van der Waals surface area contributed by atoms with Crippen LogP contribution in [0, 0.1) is 0 Å². The lowest BCUT2D eigenvalue weighted by Crippen LogP contribution is -2.38. The van der Waals surface area contributed by atoms with Crippen molar-refractivity contribution in [1.82, 2.24) is 15.3 Å². The van der Waals surface area contributed by atoms with E-state index >= 15 is 0 Å². The summed E-state index contributed by atoms with van der Waals surface area (Å²) in [6, 6.07) is 18.3. The van der Waals surface area contributed by atoms with Crippen LogP contribution in [0.15, 0.2) is 71.8 Å². The summed E-state index contributed by atoms with van der Waals surface area (Å²) >= 11 is 0. The maximum atomic E-state index is 12.5. The predicted octanol–water partition coefficient (Wildman–Crippen LogP) is 2.48. The minimum Gasteiger partial charge on any atom is -0.351 e. The monoisotopic (exact) mass is 436 g/mol. The highest BCUT2D eigenvalue weighted by Gasteiger charge is 2.26. The van der Waals surface area contributed by atoms with Crippen molar-refractivity contribution in [2.75, 3.05) is 24.2 Å². The van der Waals surface area contributed by atoms with E-state index in [0.29, 0.717) is 12.5 Å². The van der Waals surface area contributed by atoms with Crippen molar-refractivity contribution < 1.29 is 13.2 Å². The SMILES string of the molecule is CS(=O)(=O)c1ccc(CC(=O)NC2CCN(c3nccc(-c4ccccc4)n3)C2)cc1. The summed E-state index contributed by atoms with van der Waals surface area (Å²) in [5, 5.41) is 3.06. The lowest BCUT2D eigenvalue weighted by molar-refractivity contribution is -0.121. The smallest absolute Gasteiger partial charge is 0.225 e. The van der Waals surface area contributed by atoms with Gasteiger partial charge in [-0.25, -0.2) is 18.4 Å². The van der Waals surface area contributed by atoms with Crippen molar-refractivity contribution in [3.8, 4) is 11.3 Å². The van der Waals surface area contributed by atoms with Gasteiger partial charge in [-0.15, -0.1) is 0 Å².